The molecule has 0 bridgehead atoms. The first-order chi connectivity index (χ1) is 11.5. The van der Waals surface area contributed by atoms with Gasteiger partial charge in [0.05, 0.1) is 0 Å². The van der Waals surface area contributed by atoms with Gasteiger partial charge >= 0.3 is 0 Å². The third-order valence-corrected chi connectivity index (χ3v) is 7.38. The van der Waals surface area contributed by atoms with Crippen LogP contribution in [0.1, 0.15) is 21.0 Å². The van der Waals surface area contributed by atoms with Crippen LogP contribution in [0.25, 0.3) is 0 Å². The highest BCUT2D eigenvalue weighted by Crippen LogP contribution is 2.25. The number of carbonyl (C=O) groups is 1. The Kier molecular flexibility index (Phi) is 7.01. The van der Waals surface area contributed by atoms with Gasteiger partial charge in [0, 0.05) is 31.1 Å². The van der Waals surface area contributed by atoms with Crippen molar-refractivity contribution in [1.82, 2.24) is 14.9 Å². The zero-order valence-electron chi connectivity index (χ0n) is 13.6. The first-order valence-electron chi connectivity index (χ1n) is 7.56. The van der Waals surface area contributed by atoms with Crippen molar-refractivity contribution in [2.24, 2.45) is 0 Å². The van der Waals surface area contributed by atoms with Gasteiger partial charge in [-0.15, -0.1) is 35.1 Å². The van der Waals surface area contributed by atoms with Gasteiger partial charge < -0.3 is 10.2 Å². The molecule has 3 heterocycles. The minimum absolute atomic E-state index is 0. The smallest absolute Gasteiger partial charge is 0.265 e. The second-order valence-electron chi connectivity index (χ2n) is 5.58. The van der Waals surface area contributed by atoms with Crippen LogP contribution in [0.2, 0.25) is 0 Å². The van der Waals surface area contributed by atoms with Crippen molar-refractivity contribution in [2.75, 3.05) is 20.1 Å². The van der Waals surface area contributed by atoms with E-state index >= 15 is 0 Å². The zero-order chi connectivity index (χ0) is 17.2. The molecule has 1 amide bonds. The van der Waals surface area contributed by atoms with E-state index in [2.05, 4.69) is 10.0 Å². The average Bonchev–Trinajstić information content (AvgIpc) is 3.33. The lowest BCUT2D eigenvalue weighted by Gasteiger charge is -2.23. The highest BCUT2D eigenvalue weighted by atomic mass is 35.5. The molecule has 2 aromatic heterocycles. The maximum atomic E-state index is 12.7. The molecule has 2 N–H and O–H groups in total. The lowest BCUT2D eigenvalue weighted by atomic mass is 10.2. The number of halogens is 1. The highest BCUT2D eigenvalue weighted by Gasteiger charge is 2.29. The molecule has 25 heavy (non-hydrogen) atoms. The third-order valence-electron chi connectivity index (χ3n) is 4.03. The number of thiophene rings is 2. The van der Waals surface area contributed by atoms with Gasteiger partial charge in [0.1, 0.15) is 9.77 Å². The van der Waals surface area contributed by atoms with Gasteiger partial charge in [-0.05, 0) is 35.9 Å². The molecule has 1 atom stereocenters. The van der Waals surface area contributed by atoms with Gasteiger partial charge in [-0.3, -0.25) is 4.79 Å². The lowest BCUT2D eigenvalue weighted by Crippen LogP contribution is -2.38. The van der Waals surface area contributed by atoms with Gasteiger partial charge in [-0.2, -0.15) is 0 Å². The highest BCUT2D eigenvalue weighted by molar-refractivity contribution is 7.89. The molecule has 0 aromatic carbocycles. The Balaban J connectivity index is 0.00000225. The molecule has 1 fully saturated rings. The van der Waals surface area contributed by atoms with Crippen LogP contribution in [-0.4, -0.2) is 45.4 Å². The van der Waals surface area contributed by atoms with E-state index in [1.807, 2.05) is 17.5 Å². The van der Waals surface area contributed by atoms with E-state index in [-0.39, 0.29) is 40.7 Å². The first-order valence-corrected chi connectivity index (χ1v) is 10.8. The van der Waals surface area contributed by atoms with E-state index in [1.165, 1.54) is 28.7 Å². The van der Waals surface area contributed by atoms with Crippen LogP contribution in [0.15, 0.2) is 33.9 Å². The van der Waals surface area contributed by atoms with Crippen LogP contribution >= 0.6 is 35.1 Å². The summed E-state index contributed by atoms with van der Waals surface area (Å²) in [5, 5.41) is 6.76. The summed E-state index contributed by atoms with van der Waals surface area (Å²) in [6.45, 7) is 1.85. The lowest BCUT2D eigenvalue weighted by molar-refractivity contribution is 0.0745. The molecule has 0 radical (unpaired) electrons. The summed E-state index contributed by atoms with van der Waals surface area (Å²) >= 11 is 2.65. The van der Waals surface area contributed by atoms with Crippen molar-refractivity contribution >= 4 is 51.0 Å². The van der Waals surface area contributed by atoms with Gasteiger partial charge in [-0.25, -0.2) is 13.1 Å². The molecule has 1 saturated heterocycles. The molecule has 0 spiro atoms. The number of nitrogens with zero attached hydrogens (tertiary/aromatic N) is 1. The minimum Gasteiger partial charge on any atom is -0.337 e. The molecule has 138 valence electrons. The summed E-state index contributed by atoms with van der Waals surface area (Å²) in [5.74, 6) is -0.241. The fourth-order valence-electron chi connectivity index (χ4n) is 2.62. The molecule has 1 aliphatic heterocycles. The molecule has 2 aromatic rings. The molecule has 10 heteroatoms. The van der Waals surface area contributed by atoms with Crippen LogP contribution in [-0.2, 0) is 16.6 Å². The van der Waals surface area contributed by atoms with Crippen molar-refractivity contribution in [2.45, 2.75) is 23.9 Å². The standard InChI is InChI=1S/C15H19N3O3S3.ClH/c1-18(11-4-6-16-9-11)15(19)14-13(5-8-23-14)24(20,21)17-10-12-3-2-7-22-12;/h2-3,5,7-8,11,16-17H,4,6,9-10H2,1H3;1H. The van der Waals surface area contributed by atoms with Crippen molar-refractivity contribution in [3.8, 4) is 0 Å². The molecule has 0 aliphatic carbocycles. The van der Waals surface area contributed by atoms with Crippen LogP contribution in [0.4, 0.5) is 0 Å². The fourth-order valence-corrected chi connectivity index (χ4v) is 5.76. The molecular formula is C15H20ClN3O3S3. The molecule has 1 unspecified atom stereocenters. The quantitative estimate of drug-likeness (QED) is 0.749. The Morgan fingerprint density at radius 1 is 1.36 bits per heavy atom. The molecular weight excluding hydrogens is 402 g/mol. The van der Waals surface area contributed by atoms with Crippen LogP contribution in [0, 0.1) is 0 Å². The molecule has 1 aliphatic rings. The van der Waals surface area contributed by atoms with Gasteiger partial charge in [0.2, 0.25) is 10.0 Å². The third kappa shape index (κ3) is 4.60. The summed E-state index contributed by atoms with van der Waals surface area (Å²) < 4.78 is 27.7. The number of likely N-dealkylation sites (N-methyl/N-ethyl adjacent to an activating group) is 1. The van der Waals surface area contributed by atoms with Gasteiger partial charge in [-0.1, -0.05) is 6.07 Å². The van der Waals surface area contributed by atoms with Crippen molar-refractivity contribution in [3.05, 3.63) is 38.7 Å². The first kappa shape index (κ1) is 20.3. The number of carbonyl (C=O) groups excluding carboxylic acids is 1. The Bertz CT molecular complexity index is 799. The number of rotatable bonds is 6. The summed E-state index contributed by atoms with van der Waals surface area (Å²) in [6, 6.07) is 5.34. The number of hydrogen-bond acceptors (Lipinski definition) is 6. The Labute approximate surface area is 161 Å². The van der Waals surface area contributed by atoms with E-state index in [0.717, 1.165) is 24.4 Å². The minimum atomic E-state index is -3.72. The molecule has 3 rings (SSSR count). The summed E-state index contributed by atoms with van der Waals surface area (Å²) in [6.07, 6.45) is 0.881. The van der Waals surface area contributed by atoms with E-state index in [0.29, 0.717) is 0 Å². The predicted octanol–water partition coefficient (Wildman–Crippen LogP) is 2.14. The van der Waals surface area contributed by atoms with Crippen molar-refractivity contribution in [1.29, 1.82) is 0 Å². The van der Waals surface area contributed by atoms with Crippen molar-refractivity contribution in [3.63, 3.8) is 0 Å². The average molecular weight is 422 g/mol. The zero-order valence-corrected chi connectivity index (χ0v) is 16.9. The van der Waals surface area contributed by atoms with E-state index in [1.54, 1.807) is 17.3 Å². The Morgan fingerprint density at radius 2 is 2.16 bits per heavy atom. The Hall–Kier alpha value is -0.970. The van der Waals surface area contributed by atoms with Crippen LogP contribution in [0.3, 0.4) is 0 Å². The van der Waals surface area contributed by atoms with E-state index in [4.69, 9.17) is 0 Å². The number of hydrogen-bond donors (Lipinski definition) is 2. The van der Waals surface area contributed by atoms with Gasteiger partial charge in [0.15, 0.2) is 0 Å². The number of sulfonamides is 1. The normalized spacial score (nSPS) is 17.2. The topological polar surface area (TPSA) is 78.5 Å². The summed E-state index contributed by atoms with van der Waals surface area (Å²) in [4.78, 5) is 15.6. The predicted molar refractivity (Wildman–Crippen MR) is 103 cm³/mol. The maximum absolute atomic E-state index is 12.7. The van der Waals surface area contributed by atoms with Crippen molar-refractivity contribution < 1.29 is 13.2 Å². The molecule has 0 saturated carbocycles. The monoisotopic (exact) mass is 421 g/mol. The largest absolute Gasteiger partial charge is 0.337 e. The summed E-state index contributed by atoms with van der Waals surface area (Å²) in [5.41, 5.74) is 0. The molecule has 6 nitrogen and oxygen atoms in total. The van der Waals surface area contributed by atoms with Crippen LogP contribution < -0.4 is 10.0 Å². The second-order valence-corrected chi connectivity index (χ2v) is 9.26. The Morgan fingerprint density at radius 3 is 2.80 bits per heavy atom. The maximum Gasteiger partial charge on any atom is 0.265 e. The summed E-state index contributed by atoms with van der Waals surface area (Å²) in [7, 11) is -1.99. The number of amides is 1. The number of nitrogens with one attached hydrogen (secondary N) is 2. The SMILES string of the molecule is CN(C(=O)c1sccc1S(=O)(=O)NCc1cccs1)C1CCNC1.Cl. The van der Waals surface area contributed by atoms with E-state index < -0.39 is 10.0 Å². The second kappa shape index (κ2) is 8.61. The van der Waals surface area contributed by atoms with E-state index in [9.17, 15) is 13.2 Å². The van der Waals surface area contributed by atoms with Crippen LogP contribution in [0.5, 0.6) is 0 Å². The fraction of sp³-hybridized carbons (Fsp3) is 0.400. The van der Waals surface area contributed by atoms with Gasteiger partial charge in [0.25, 0.3) is 5.91 Å².